The Morgan fingerprint density at radius 2 is 1.96 bits per heavy atom. The number of rotatable bonds is 3. The number of carbonyl (C=O) groups excluding carboxylic acids is 1. The highest BCUT2D eigenvalue weighted by molar-refractivity contribution is 6.31. The first kappa shape index (κ1) is 18.4. The van der Waals surface area contributed by atoms with Gasteiger partial charge >= 0.3 is 0 Å². The molecule has 6 heteroatoms. The molecule has 2 unspecified atom stereocenters. The van der Waals surface area contributed by atoms with Crippen LogP contribution in [0.15, 0.2) is 18.2 Å². The van der Waals surface area contributed by atoms with Gasteiger partial charge in [-0.05, 0) is 55.7 Å². The number of ether oxygens (including phenoxy) is 1. The fourth-order valence-electron chi connectivity index (χ4n) is 4.11. The second-order valence-electron chi connectivity index (χ2n) is 6.53. The molecule has 2 saturated carbocycles. The first-order valence-electron chi connectivity index (χ1n) is 7.98. The van der Waals surface area contributed by atoms with Gasteiger partial charge in [0.1, 0.15) is 5.75 Å². The molecule has 2 fully saturated rings. The Labute approximate surface area is 148 Å². The highest BCUT2D eigenvalue weighted by Crippen LogP contribution is 2.40. The lowest BCUT2D eigenvalue weighted by atomic mass is 9.67. The Morgan fingerprint density at radius 1 is 1.30 bits per heavy atom. The zero-order valence-corrected chi connectivity index (χ0v) is 14.8. The Kier molecular flexibility index (Phi) is 6.18. The largest absolute Gasteiger partial charge is 0.496 e. The number of hydrogen-bond acceptors (Lipinski definition) is 3. The van der Waals surface area contributed by atoms with Gasteiger partial charge < -0.3 is 15.8 Å². The number of methoxy groups -OCH3 is 1. The average molecular weight is 359 g/mol. The fraction of sp³-hybridized carbons (Fsp3) is 0.588. The number of hydrogen-bond donors (Lipinski definition) is 2. The van der Waals surface area contributed by atoms with Gasteiger partial charge in [0.25, 0.3) is 5.91 Å². The lowest BCUT2D eigenvalue weighted by Crippen LogP contribution is -2.53. The van der Waals surface area contributed by atoms with E-state index in [1.165, 1.54) is 6.42 Å². The van der Waals surface area contributed by atoms with Gasteiger partial charge in [0.2, 0.25) is 0 Å². The van der Waals surface area contributed by atoms with Gasteiger partial charge in [-0.15, -0.1) is 12.4 Å². The van der Waals surface area contributed by atoms with E-state index in [1.54, 1.807) is 25.3 Å². The van der Waals surface area contributed by atoms with Crippen molar-refractivity contribution in [1.82, 2.24) is 5.32 Å². The topological polar surface area (TPSA) is 64.3 Å². The number of halogens is 2. The SMILES string of the molecule is COc1ccc(Cl)cc1C(=O)NC1C2CCCC1CC(N)C2.Cl. The van der Waals surface area contributed by atoms with Crippen LogP contribution in [0, 0.1) is 11.8 Å². The minimum absolute atomic E-state index is 0. The molecule has 2 aliphatic carbocycles. The van der Waals surface area contributed by atoms with Crippen LogP contribution in [0.4, 0.5) is 0 Å². The van der Waals surface area contributed by atoms with E-state index in [9.17, 15) is 4.79 Å². The molecule has 1 amide bonds. The zero-order chi connectivity index (χ0) is 15.7. The molecule has 2 atom stereocenters. The van der Waals surface area contributed by atoms with Crippen LogP contribution in [-0.4, -0.2) is 25.1 Å². The molecule has 0 heterocycles. The van der Waals surface area contributed by atoms with Crippen LogP contribution in [0.5, 0.6) is 5.75 Å². The summed E-state index contributed by atoms with van der Waals surface area (Å²) in [6.07, 6.45) is 5.57. The lowest BCUT2D eigenvalue weighted by molar-refractivity contribution is 0.0753. The van der Waals surface area contributed by atoms with E-state index in [1.807, 2.05) is 0 Å². The Bertz CT molecular complexity index is 554. The zero-order valence-electron chi connectivity index (χ0n) is 13.3. The Morgan fingerprint density at radius 3 is 2.57 bits per heavy atom. The van der Waals surface area contributed by atoms with Crippen LogP contribution in [0.25, 0.3) is 0 Å². The van der Waals surface area contributed by atoms with Crippen molar-refractivity contribution in [3.63, 3.8) is 0 Å². The van der Waals surface area contributed by atoms with Gasteiger partial charge in [-0.1, -0.05) is 18.0 Å². The monoisotopic (exact) mass is 358 g/mol. The van der Waals surface area contributed by atoms with E-state index in [0.29, 0.717) is 28.2 Å². The third-order valence-electron chi connectivity index (χ3n) is 5.08. The molecule has 23 heavy (non-hydrogen) atoms. The van der Waals surface area contributed by atoms with E-state index in [4.69, 9.17) is 22.1 Å². The maximum absolute atomic E-state index is 12.7. The third kappa shape index (κ3) is 3.93. The van der Waals surface area contributed by atoms with Crippen molar-refractivity contribution < 1.29 is 9.53 Å². The molecule has 1 aromatic rings. The highest BCUT2D eigenvalue weighted by atomic mass is 35.5. The summed E-state index contributed by atoms with van der Waals surface area (Å²) in [5.74, 6) is 1.45. The Balaban J connectivity index is 0.00000192. The van der Waals surface area contributed by atoms with Crippen molar-refractivity contribution in [3.05, 3.63) is 28.8 Å². The van der Waals surface area contributed by atoms with Crippen LogP contribution in [0.1, 0.15) is 42.5 Å². The second kappa shape index (κ2) is 7.73. The van der Waals surface area contributed by atoms with E-state index in [-0.39, 0.29) is 30.4 Å². The number of fused-ring (bicyclic) bond motifs is 2. The minimum atomic E-state index is -0.100. The van der Waals surface area contributed by atoms with Gasteiger partial charge in [0.05, 0.1) is 12.7 Å². The molecule has 1 aromatic carbocycles. The van der Waals surface area contributed by atoms with Crippen molar-refractivity contribution >= 4 is 29.9 Å². The van der Waals surface area contributed by atoms with Gasteiger partial charge in [-0.3, -0.25) is 4.79 Å². The van der Waals surface area contributed by atoms with Crippen LogP contribution in [0.2, 0.25) is 5.02 Å². The van der Waals surface area contributed by atoms with Gasteiger partial charge in [0, 0.05) is 17.1 Å². The standard InChI is InChI=1S/C17H23ClN2O2.ClH/c1-22-15-6-5-12(18)9-14(15)17(21)20-16-10-3-2-4-11(16)8-13(19)7-10;/h5-6,9-11,13,16H,2-4,7-8,19H2,1H3,(H,20,21);1H. The molecule has 0 aliphatic heterocycles. The van der Waals surface area contributed by atoms with E-state index >= 15 is 0 Å². The quantitative estimate of drug-likeness (QED) is 0.869. The van der Waals surface area contributed by atoms with Crippen LogP contribution in [0.3, 0.4) is 0 Å². The van der Waals surface area contributed by atoms with Crippen molar-refractivity contribution in [2.45, 2.75) is 44.2 Å². The molecule has 0 saturated heterocycles. The van der Waals surface area contributed by atoms with Gasteiger partial charge in [0.15, 0.2) is 0 Å². The van der Waals surface area contributed by atoms with Crippen molar-refractivity contribution in [3.8, 4) is 5.75 Å². The molecule has 0 spiro atoms. The van der Waals surface area contributed by atoms with E-state index in [0.717, 1.165) is 25.7 Å². The summed E-state index contributed by atoms with van der Waals surface area (Å²) >= 11 is 6.02. The average Bonchev–Trinajstić information content (AvgIpc) is 2.48. The van der Waals surface area contributed by atoms with Crippen molar-refractivity contribution in [2.24, 2.45) is 17.6 Å². The maximum atomic E-state index is 12.7. The Hall–Kier alpha value is -0.970. The molecule has 3 N–H and O–H groups in total. The number of carbonyl (C=O) groups is 1. The third-order valence-corrected chi connectivity index (χ3v) is 5.32. The number of benzene rings is 1. The molecule has 0 aromatic heterocycles. The summed E-state index contributed by atoms with van der Waals surface area (Å²) in [7, 11) is 1.56. The summed E-state index contributed by atoms with van der Waals surface area (Å²) in [5.41, 5.74) is 6.65. The molecule has 0 radical (unpaired) electrons. The number of nitrogens with two attached hydrogens (primary N) is 1. The van der Waals surface area contributed by atoms with Crippen LogP contribution >= 0.6 is 24.0 Å². The van der Waals surface area contributed by atoms with Gasteiger partial charge in [-0.2, -0.15) is 0 Å². The fourth-order valence-corrected chi connectivity index (χ4v) is 4.28. The maximum Gasteiger partial charge on any atom is 0.255 e. The molecule has 4 nitrogen and oxygen atoms in total. The second-order valence-corrected chi connectivity index (χ2v) is 6.96. The first-order chi connectivity index (χ1) is 10.6. The lowest BCUT2D eigenvalue weighted by Gasteiger charge is -2.45. The van der Waals surface area contributed by atoms with E-state index in [2.05, 4.69) is 5.32 Å². The van der Waals surface area contributed by atoms with Crippen LogP contribution in [-0.2, 0) is 0 Å². The van der Waals surface area contributed by atoms with Crippen molar-refractivity contribution in [2.75, 3.05) is 7.11 Å². The van der Waals surface area contributed by atoms with Crippen molar-refractivity contribution in [1.29, 1.82) is 0 Å². The number of amides is 1. The molecule has 2 aliphatic rings. The first-order valence-corrected chi connectivity index (χ1v) is 8.36. The summed E-state index contributed by atoms with van der Waals surface area (Å²) in [6, 6.07) is 5.63. The molecular formula is C17H24Cl2N2O2. The van der Waals surface area contributed by atoms with Crippen LogP contribution < -0.4 is 15.8 Å². The molecule has 2 bridgehead atoms. The van der Waals surface area contributed by atoms with Gasteiger partial charge in [-0.25, -0.2) is 0 Å². The summed E-state index contributed by atoms with van der Waals surface area (Å²) in [6.45, 7) is 0. The minimum Gasteiger partial charge on any atom is -0.496 e. The smallest absolute Gasteiger partial charge is 0.255 e. The predicted molar refractivity (Wildman–Crippen MR) is 94.5 cm³/mol. The molecule has 3 rings (SSSR count). The number of nitrogens with one attached hydrogen (secondary N) is 1. The van der Waals surface area contributed by atoms with E-state index < -0.39 is 0 Å². The summed E-state index contributed by atoms with van der Waals surface area (Å²) < 4.78 is 5.28. The molecular weight excluding hydrogens is 335 g/mol. The highest BCUT2D eigenvalue weighted by Gasteiger charge is 2.40. The summed E-state index contributed by atoms with van der Waals surface area (Å²) in [5, 5.41) is 3.77. The summed E-state index contributed by atoms with van der Waals surface area (Å²) in [4.78, 5) is 12.7. The normalized spacial score (nSPS) is 29.3. The predicted octanol–water partition coefficient (Wildman–Crippen LogP) is 3.41. The molecule has 128 valence electrons.